The Hall–Kier alpha value is -1.95. The zero-order valence-corrected chi connectivity index (χ0v) is 10.5. The molecule has 0 saturated heterocycles. The van der Waals surface area contributed by atoms with Gasteiger partial charge in [-0.3, -0.25) is 14.6 Å². The van der Waals surface area contributed by atoms with Crippen LogP contribution in [0.4, 0.5) is 0 Å². The highest BCUT2D eigenvalue weighted by Crippen LogP contribution is 2.33. The summed E-state index contributed by atoms with van der Waals surface area (Å²) in [6.07, 6.45) is 0. The third-order valence-corrected chi connectivity index (χ3v) is 4.29. The summed E-state index contributed by atoms with van der Waals surface area (Å²) < 4.78 is 0. The third-order valence-electron chi connectivity index (χ3n) is 3.17. The molecular weight excluding hydrogens is 266 g/mol. The van der Waals surface area contributed by atoms with Crippen molar-refractivity contribution in [3.63, 3.8) is 0 Å². The van der Waals surface area contributed by atoms with Crippen molar-refractivity contribution in [2.45, 2.75) is 6.04 Å². The maximum absolute atomic E-state index is 12.2. The van der Waals surface area contributed by atoms with E-state index in [-0.39, 0.29) is 17.3 Å². The van der Waals surface area contributed by atoms with E-state index in [0.29, 0.717) is 16.2 Å². The minimum atomic E-state index is -1.28. The van der Waals surface area contributed by atoms with Crippen LogP contribution in [-0.2, 0) is 4.79 Å². The smallest absolute Gasteiger partial charge is 0.180 e. The highest BCUT2D eigenvalue weighted by Gasteiger charge is 2.43. The van der Waals surface area contributed by atoms with Crippen molar-refractivity contribution in [3.05, 3.63) is 35.4 Å². The lowest BCUT2D eigenvalue weighted by molar-refractivity contribution is -0.306. The molecule has 0 aromatic heterocycles. The summed E-state index contributed by atoms with van der Waals surface area (Å²) in [6, 6.07) is 5.63. The van der Waals surface area contributed by atoms with E-state index in [2.05, 4.69) is 4.99 Å². The zero-order chi connectivity index (χ0) is 13.6. The van der Waals surface area contributed by atoms with E-state index in [1.54, 1.807) is 24.3 Å². The number of hydrogen-bond acceptors (Lipinski definition) is 6. The molecule has 0 bridgehead atoms. The predicted molar refractivity (Wildman–Crippen MR) is 67.3 cm³/mol. The van der Waals surface area contributed by atoms with Crippen LogP contribution in [0.15, 0.2) is 29.3 Å². The molecule has 0 N–H and O–H groups in total. The Kier molecular flexibility index (Phi) is 2.74. The number of aliphatic imine (C=N–C) groups is 1. The highest BCUT2D eigenvalue weighted by molar-refractivity contribution is 8.14. The molecule has 6 heteroatoms. The van der Waals surface area contributed by atoms with E-state index in [9.17, 15) is 19.5 Å². The van der Waals surface area contributed by atoms with Gasteiger partial charge in [0, 0.05) is 16.9 Å². The van der Waals surface area contributed by atoms with Crippen molar-refractivity contribution in [2.24, 2.45) is 10.9 Å². The molecule has 19 heavy (non-hydrogen) atoms. The highest BCUT2D eigenvalue weighted by atomic mass is 32.2. The lowest BCUT2D eigenvalue weighted by Gasteiger charge is -2.05. The molecule has 0 spiro atoms. The Morgan fingerprint density at radius 3 is 2.26 bits per heavy atom. The number of carbonyl (C=O) groups excluding carboxylic acids is 3. The molecule has 3 rings (SSSR count). The average molecular weight is 274 g/mol. The first-order valence-electron chi connectivity index (χ1n) is 5.68. The number of benzene rings is 1. The Labute approximate surface area is 112 Å². The van der Waals surface area contributed by atoms with Crippen molar-refractivity contribution >= 4 is 34.3 Å². The maximum atomic E-state index is 12.2. The fourth-order valence-electron chi connectivity index (χ4n) is 2.24. The lowest BCUT2D eigenvalue weighted by Crippen LogP contribution is -2.34. The Morgan fingerprint density at radius 1 is 1.21 bits per heavy atom. The number of hydrogen-bond donors (Lipinski definition) is 0. The molecule has 1 aliphatic heterocycles. The molecule has 0 amide bonds. The van der Waals surface area contributed by atoms with Gasteiger partial charge < -0.3 is 9.90 Å². The van der Waals surface area contributed by atoms with Gasteiger partial charge in [-0.1, -0.05) is 24.3 Å². The molecule has 96 valence electrons. The monoisotopic (exact) mass is 274 g/mol. The zero-order valence-electron chi connectivity index (χ0n) is 9.66. The molecule has 0 fully saturated rings. The van der Waals surface area contributed by atoms with Gasteiger partial charge in [0.1, 0.15) is 5.92 Å². The second kappa shape index (κ2) is 4.31. The molecule has 1 aromatic rings. The molecule has 1 aromatic carbocycles. The Bertz CT molecular complexity index is 602. The average Bonchev–Trinajstić information content (AvgIpc) is 2.96. The predicted octanol–water partition coefficient (Wildman–Crippen LogP) is -0.0544. The van der Waals surface area contributed by atoms with Gasteiger partial charge in [0.25, 0.3) is 0 Å². The third kappa shape index (κ3) is 1.79. The second-order valence-corrected chi connectivity index (χ2v) is 5.36. The second-order valence-electron chi connectivity index (χ2n) is 4.32. The number of rotatable bonds is 2. The van der Waals surface area contributed by atoms with Gasteiger partial charge in [-0.2, -0.15) is 0 Å². The Balaban J connectivity index is 1.97. The van der Waals surface area contributed by atoms with E-state index in [1.165, 1.54) is 0 Å². The topological polar surface area (TPSA) is 86.6 Å². The van der Waals surface area contributed by atoms with E-state index in [1.807, 2.05) is 0 Å². The van der Waals surface area contributed by atoms with E-state index >= 15 is 0 Å². The summed E-state index contributed by atoms with van der Waals surface area (Å²) in [4.78, 5) is 39.1. The fraction of sp³-hybridized carbons (Fsp3) is 0.231. The van der Waals surface area contributed by atoms with E-state index < -0.39 is 17.9 Å². The normalized spacial score (nSPS) is 22.5. The van der Waals surface area contributed by atoms with Gasteiger partial charge in [-0.15, -0.1) is 11.8 Å². The fourth-order valence-corrected chi connectivity index (χ4v) is 3.36. The van der Waals surface area contributed by atoms with Gasteiger partial charge in [0.2, 0.25) is 0 Å². The van der Waals surface area contributed by atoms with Gasteiger partial charge in [-0.25, -0.2) is 0 Å². The van der Waals surface area contributed by atoms with E-state index in [4.69, 9.17) is 0 Å². The van der Waals surface area contributed by atoms with Crippen LogP contribution < -0.4 is 5.11 Å². The van der Waals surface area contributed by atoms with Crippen LogP contribution in [-0.4, -0.2) is 34.4 Å². The van der Waals surface area contributed by atoms with E-state index in [0.717, 1.165) is 11.8 Å². The molecule has 0 unspecified atom stereocenters. The van der Waals surface area contributed by atoms with Gasteiger partial charge >= 0.3 is 0 Å². The first-order valence-corrected chi connectivity index (χ1v) is 6.67. The van der Waals surface area contributed by atoms with Crippen molar-refractivity contribution < 1.29 is 19.5 Å². The summed E-state index contributed by atoms with van der Waals surface area (Å²) in [7, 11) is 0. The van der Waals surface area contributed by atoms with Gasteiger partial charge in [0.05, 0.1) is 17.1 Å². The number of nitrogens with zero attached hydrogens (tertiary/aromatic N) is 1. The van der Waals surface area contributed by atoms with Crippen molar-refractivity contribution in [3.8, 4) is 0 Å². The summed E-state index contributed by atoms with van der Waals surface area (Å²) in [5.74, 6) is -2.63. The van der Waals surface area contributed by atoms with Crippen molar-refractivity contribution in [2.75, 3.05) is 5.75 Å². The molecule has 1 heterocycles. The molecule has 5 nitrogen and oxygen atoms in total. The number of Topliss-reactive ketones (excluding diaryl/α,β-unsaturated/α-hetero) is 2. The number of carboxylic acids is 1. The van der Waals surface area contributed by atoms with Crippen LogP contribution in [0.3, 0.4) is 0 Å². The van der Waals surface area contributed by atoms with Crippen LogP contribution >= 0.6 is 11.8 Å². The van der Waals surface area contributed by atoms with Crippen LogP contribution in [0.5, 0.6) is 0 Å². The van der Waals surface area contributed by atoms with Crippen molar-refractivity contribution in [1.29, 1.82) is 0 Å². The largest absolute Gasteiger partial charge is 0.548 e. The molecule has 2 aliphatic rings. The van der Waals surface area contributed by atoms with Crippen LogP contribution in [0.2, 0.25) is 0 Å². The summed E-state index contributed by atoms with van der Waals surface area (Å²) in [5, 5.41) is 11.0. The van der Waals surface area contributed by atoms with Gasteiger partial charge in [-0.05, 0) is 0 Å². The van der Waals surface area contributed by atoms with Crippen LogP contribution in [0.1, 0.15) is 20.7 Å². The number of ketones is 2. The number of fused-ring (bicyclic) bond motifs is 1. The number of thioether (sulfide) groups is 1. The number of carboxylic acid groups (broad SMARTS) is 1. The molecular formula is C13H8NO4S-. The van der Waals surface area contributed by atoms with Crippen LogP contribution in [0, 0.1) is 5.92 Å². The molecule has 0 radical (unpaired) electrons. The lowest BCUT2D eigenvalue weighted by atomic mass is 10.1. The van der Waals surface area contributed by atoms with Gasteiger partial charge in [0.15, 0.2) is 11.6 Å². The maximum Gasteiger partial charge on any atom is 0.180 e. The van der Waals surface area contributed by atoms with Crippen LogP contribution in [0.25, 0.3) is 0 Å². The van der Waals surface area contributed by atoms with Crippen molar-refractivity contribution in [1.82, 2.24) is 0 Å². The Morgan fingerprint density at radius 2 is 1.79 bits per heavy atom. The SMILES string of the molecule is O=C1c2ccccc2C(=O)C1C1=N[C@H](C(=O)[O-])CS1. The molecule has 1 atom stereocenters. The minimum Gasteiger partial charge on any atom is -0.548 e. The molecule has 0 saturated carbocycles. The number of aliphatic carboxylic acids is 1. The molecule has 1 aliphatic carbocycles. The standard InChI is InChI=1S/C13H9NO4S/c15-10-6-3-1-2-4-7(6)11(16)9(10)12-14-8(5-19-12)13(17)18/h1-4,8-9H,5H2,(H,17,18)/p-1/t8-/m0/s1. The number of carbonyl (C=O) groups is 3. The quantitative estimate of drug-likeness (QED) is 0.705. The summed E-state index contributed by atoms with van der Waals surface area (Å²) in [6.45, 7) is 0. The summed E-state index contributed by atoms with van der Waals surface area (Å²) in [5.41, 5.74) is 0.774. The first kappa shape index (κ1) is 12.1. The summed E-state index contributed by atoms with van der Waals surface area (Å²) >= 11 is 1.14. The first-order chi connectivity index (χ1) is 9.09. The minimum absolute atomic E-state index is 0.213.